The Labute approximate surface area is 108 Å². The minimum Gasteiger partial charge on any atom is -0.386 e. The maximum absolute atomic E-state index is 12.1. The SMILES string of the molecule is CC(C)(C)S(=O)(=O)NC(C(=N)N)c1ccccc1. The fourth-order valence-corrected chi connectivity index (χ4v) is 2.22. The highest BCUT2D eigenvalue weighted by Gasteiger charge is 2.32. The minimum atomic E-state index is -3.56. The summed E-state index contributed by atoms with van der Waals surface area (Å²) in [6.07, 6.45) is 0. The predicted octanol–water partition coefficient (Wildman–Crippen LogP) is 1.38. The highest BCUT2D eigenvalue weighted by atomic mass is 32.2. The second-order valence-electron chi connectivity index (χ2n) is 5.03. The molecule has 0 radical (unpaired) electrons. The van der Waals surface area contributed by atoms with Gasteiger partial charge in [-0.25, -0.2) is 8.42 Å². The van der Waals surface area contributed by atoms with Crippen LogP contribution in [0.4, 0.5) is 0 Å². The fraction of sp³-hybridized carbons (Fsp3) is 0.417. The van der Waals surface area contributed by atoms with Crippen molar-refractivity contribution >= 4 is 15.9 Å². The molecule has 5 nitrogen and oxygen atoms in total. The van der Waals surface area contributed by atoms with Crippen LogP contribution in [0, 0.1) is 5.41 Å². The number of amidine groups is 1. The molecular weight excluding hydrogens is 250 g/mol. The number of nitrogens with two attached hydrogens (primary N) is 1. The number of benzene rings is 1. The van der Waals surface area contributed by atoms with Gasteiger partial charge in [0.25, 0.3) is 0 Å². The highest BCUT2D eigenvalue weighted by Crippen LogP contribution is 2.19. The average Bonchev–Trinajstić information content (AvgIpc) is 2.25. The molecule has 0 fully saturated rings. The summed E-state index contributed by atoms with van der Waals surface area (Å²) in [6, 6.07) is 8.01. The van der Waals surface area contributed by atoms with Crippen LogP contribution in [0.25, 0.3) is 0 Å². The van der Waals surface area contributed by atoms with E-state index in [2.05, 4.69) is 4.72 Å². The molecule has 0 heterocycles. The van der Waals surface area contributed by atoms with E-state index in [9.17, 15) is 8.42 Å². The Morgan fingerprint density at radius 1 is 1.28 bits per heavy atom. The van der Waals surface area contributed by atoms with Gasteiger partial charge in [0.1, 0.15) is 11.9 Å². The Kier molecular flexibility index (Phi) is 4.13. The maximum atomic E-state index is 12.1. The van der Waals surface area contributed by atoms with Gasteiger partial charge in [-0.1, -0.05) is 30.3 Å². The molecule has 0 amide bonds. The Morgan fingerprint density at radius 3 is 2.17 bits per heavy atom. The molecule has 1 atom stereocenters. The Morgan fingerprint density at radius 2 is 1.78 bits per heavy atom. The molecule has 18 heavy (non-hydrogen) atoms. The molecule has 6 heteroatoms. The lowest BCUT2D eigenvalue weighted by Crippen LogP contribution is -2.45. The van der Waals surface area contributed by atoms with Gasteiger partial charge in [-0.15, -0.1) is 0 Å². The van der Waals surface area contributed by atoms with Crippen LogP contribution >= 0.6 is 0 Å². The molecule has 1 aromatic carbocycles. The van der Waals surface area contributed by atoms with Gasteiger partial charge in [-0.2, -0.15) is 4.72 Å². The van der Waals surface area contributed by atoms with Crippen molar-refractivity contribution in [2.75, 3.05) is 0 Å². The molecule has 0 aliphatic carbocycles. The van der Waals surface area contributed by atoms with Gasteiger partial charge in [-0.3, -0.25) is 5.41 Å². The summed E-state index contributed by atoms with van der Waals surface area (Å²) in [6.45, 7) is 4.78. The zero-order chi connectivity index (χ0) is 14.0. The molecular formula is C12H19N3O2S. The standard InChI is InChI=1S/C12H19N3O2S/c1-12(2,3)18(16,17)15-10(11(13)14)9-7-5-4-6-8-9/h4-8,10,15H,1-3H3,(H3,13,14). The van der Waals surface area contributed by atoms with E-state index >= 15 is 0 Å². The van der Waals surface area contributed by atoms with Crippen LogP contribution in [-0.2, 0) is 10.0 Å². The fourth-order valence-electron chi connectivity index (χ4n) is 1.29. The molecule has 0 aromatic heterocycles. The summed E-state index contributed by atoms with van der Waals surface area (Å²) in [5.41, 5.74) is 6.13. The quantitative estimate of drug-likeness (QED) is 0.569. The average molecular weight is 269 g/mol. The first-order chi connectivity index (χ1) is 8.15. The van der Waals surface area contributed by atoms with E-state index in [1.54, 1.807) is 45.0 Å². The van der Waals surface area contributed by atoms with Gasteiger partial charge >= 0.3 is 0 Å². The lowest BCUT2D eigenvalue weighted by molar-refractivity contribution is 0.540. The first kappa shape index (κ1) is 14.7. The largest absolute Gasteiger partial charge is 0.386 e. The topological polar surface area (TPSA) is 96.0 Å². The number of hydrogen-bond donors (Lipinski definition) is 3. The number of hydrogen-bond acceptors (Lipinski definition) is 3. The lowest BCUT2D eigenvalue weighted by Gasteiger charge is -2.24. The third kappa shape index (κ3) is 3.30. The van der Waals surface area contributed by atoms with Crippen molar-refractivity contribution in [3.05, 3.63) is 35.9 Å². The van der Waals surface area contributed by atoms with Gasteiger partial charge < -0.3 is 5.73 Å². The molecule has 1 unspecified atom stereocenters. The van der Waals surface area contributed by atoms with E-state index in [1.807, 2.05) is 6.07 Å². The third-order valence-corrected chi connectivity index (χ3v) is 4.68. The maximum Gasteiger partial charge on any atom is 0.217 e. The highest BCUT2D eigenvalue weighted by molar-refractivity contribution is 7.90. The summed E-state index contributed by atoms with van der Waals surface area (Å²) in [5.74, 6) is -0.228. The van der Waals surface area contributed by atoms with Crippen LogP contribution < -0.4 is 10.5 Å². The Bertz CT molecular complexity index is 518. The van der Waals surface area contributed by atoms with Gasteiger partial charge in [0.15, 0.2) is 0 Å². The van der Waals surface area contributed by atoms with E-state index in [1.165, 1.54) is 0 Å². The van der Waals surface area contributed by atoms with Crippen molar-refractivity contribution < 1.29 is 8.42 Å². The second-order valence-corrected chi connectivity index (χ2v) is 7.50. The van der Waals surface area contributed by atoms with E-state index < -0.39 is 20.8 Å². The summed E-state index contributed by atoms with van der Waals surface area (Å²) >= 11 is 0. The molecule has 4 N–H and O–H groups in total. The number of nitrogens with one attached hydrogen (secondary N) is 2. The zero-order valence-corrected chi connectivity index (χ0v) is 11.6. The molecule has 0 saturated carbocycles. The zero-order valence-electron chi connectivity index (χ0n) is 10.8. The third-order valence-electron chi connectivity index (χ3n) is 2.52. The summed E-state index contributed by atoms with van der Waals surface area (Å²) < 4.78 is 25.7. The molecule has 0 spiro atoms. The predicted molar refractivity (Wildman–Crippen MR) is 72.9 cm³/mol. The summed E-state index contributed by atoms with van der Waals surface area (Å²) in [5, 5.41) is 7.52. The molecule has 1 aromatic rings. The normalized spacial score (nSPS) is 14.2. The van der Waals surface area contributed by atoms with Gasteiger partial charge in [0, 0.05) is 0 Å². The van der Waals surface area contributed by atoms with Crippen molar-refractivity contribution in [3.8, 4) is 0 Å². The van der Waals surface area contributed by atoms with E-state index in [4.69, 9.17) is 11.1 Å². The Hall–Kier alpha value is -1.40. The molecule has 0 saturated heterocycles. The molecule has 0 aliphatic heterocycles. The van der Waals surface area contributed by atoms with Crippen LogP contribution in [0.2, 0.25) is 0 Å². The smallest absolute Gasteiger partial charge is 0.217 e. The minimum absolute atomic E-state index is 0.228. The number of rotatable bonds is 4. The van der Waals surface area contributed by atoms with Crippen LogP contribution in [0.5, 0.6) is 0 Å². The lowest BCUT2D eigenvalue weighted by atomic mass is 10.1. The van der Waals surface area contributed by atoms with Crippen LogP contribution in [0.1, 0.15) is 32.4 Å². The summed E-state index contributed by atoms with van der Waals surface area (Å²) in [7, 11) is -3.56. The van der Waals surface area contributed by atoms with Crippen molar-refractivity contribution in [1.29, 1.82) is 5.41 Å². The van der Waals surface area contributed by atoms with Crippen molar-refractivity contribution in [3.63, 3.8) is 0 Å². The van der Waals surface area contributed by atoms with Gasteiger partial charge in [-0.05, 0) is 26.3 Å². The molecule has 0 aliphatic rings. The first-order valence-electron chi connectivity index (χ1n) is 5.56. The van der Waals surface area contributed by atoms with Gasteiger partial charge in [0.2, 0.25) is 10.0 Å². The molecule has 0 bridgehead atoms. The molecule has 1 rings (SSSR count). The van der Waals surface area contributed by atoms with Crippen molar-refractivity contribution in [1.82, 2.24) is 4.72 Å². The monoisotopic (exact) mass is 269 g/mol. The van der Waals surface area contributed by atoms with E-state index in [0.717, 1.165) is 0 Å². The van der Waals surface area contributed by atoms with Crippen molar-refractivity contribution in [2.24, 2.45) is 5.73 Å². The van der Waals surface area contributed by atoms with Gasteiger partial charge in [0.05, 0.1) is 4.75 Å². The first-order valence-corrected chi connectivity index (χ1v) is 7.04. The Balaban J connectivity index is 3.08. The van der Waals surface area contributed by atoms with E-state index in [-0.39, 0.29) is 5.84 Å². The van der Waals surface area contributed by atoms with Crippen LogP contribution in [0.15, 0.2) is 30.3 Å². The number of sulfonamides is 1. The van der Waals surface area contributed by atoms with E-state index in [0.29, 0.717) is 5.56 Å². The second kappa shape index (κ2) is 5.07. The van der Waals surface area contributed by atoms with Crippen LogP contribution in [0.3, 0.4) is 0 Å². The summed E-state index contributed by atoms with van der Waals surface area (Å²) in [4.78, 5) is 0. The molecule has 100 valence electrons. The van der Waals surface area contributed by atoms with Crippen molar-refractivity contribution in [2.45, 2.75) is 31.6 Å². The van der Waals surface area contributed by atoms with Crippen LogP contribution in [-0.4, -0.2) is 19.0 Å².